The summed E-state index contributed by atoms with van der Waals surface area (Å²) in [7, 11) is 0. The molecule has 0 saturated heterocycles. The first-order valence-corrected chi connectivity index (χ1v) is 6.73. The molecule has 1 rings (SSSR count). The van der Waals surface area contributed by atoms with Gasteiger partial charge in [-0.2, -0.15) is 0 Å². The molecule has 0 heterocycles. The van der Waals surface area contributed by atoms with E-state index in [4.69, 9.17) is 0 Å². The highest BCUT2D eigenvalue weighted by Crippen LogP contribution is 2.26. The fourth-order valence-electron chi connectivity index (χ4n) is 2.33. The molecule has 90 valence electrons. The van der Waals surface area contributed by atoms with Crippen molar-refractivity contribution in [2.45, 2.75) is 58.4 Å². The minimum absolute atomic E-state index is 0.628. The molecule has 2 nitrogen and oxygen atoms in total. The smallest absolute Gasteiger partial charge is 0.00103 e. The molecule has 0 amide bonds. The van der Waals surface area contributed by atoms with E-state index in [0.717, 1.165) is 12.5 Å². The second-order valence-electron chi connectivity index (χ2n) is 5.15. The van der Waals surface area contributed by atoms with Crippen molar-refractivity contribution in [2.24, 2.45) is 5.92 Å². The molecule has 0 aromatic rings. The maximum Gasteiger partial charge on any atom is 0.00103 e. The Hall–Kier alpha value is -0.0800. The number of hydrogen-bond acceptors (Lipinski definition) is 2. The quantitative estimate of drug-likeness (QED) is 0.604. The van der Waals surface area contributed by atoms with Crippen LogP contribution in [0.4, 0.5) is 0 Å². The Morgan fingerprint density at radius 2 is 1.80 bits per heavy atom. The fraction of sp³-hybridized carbons (Fsp3) is 1.00. The zero-order valence-corrected chi connectivity index (χ0v) is 10.5. The van der Waals surface area contributed by atoms with Crippen LogP contribution in [0.3, 0.4) is 0 Å². The zero-order valence-electron chi connectivity index (χ0n) is 10.5. The zero-order chi connectivity index (χ0) is 10.9. The lowest BCUT2D eigenvalue weighted by Gasteiger charge is -2.10. The molecule has 0 atom stereocenters. The van der Waals surface area contributed by atoms with Gasteiger partial charge in [0.2, 0.25) is 0 Å². The molecule has 0 bridgehead atoms. The van der Waals surface area contributed by atoms with Crippen LogP contribution in [0.25, 0.3) is 0 Å². The van der Waals surface area contributed by atoms with E-state index in [1.807, 2.05) is 0 Å². The highest BCUT2D eigenvalue weighted by atomic mass is 14.9. The van der Waals surface area contributed by atoms with Gasteiger partial charge in [0.25, 0.3) is 0 Å². The van der Waals surface area contributed by atoms with Crippen LogP contribution in [0.2, 0.25) is 0 Å². The van der Waals surface area contributed by atoms with Crippen molar-refractivity contribution < 1.29 is 0 Å². The van der Waals surface area contributed by atoms with Crippen molar-refractivity contribution in [1.29, 1.82) is 0 Å². The molecule has 0 radical (unpaired) electrons. The molecule has 0 aliphatic heterocycles. The minimum atomic E-state index is 0.628. The fourth-order valence-corrected chi connectivity index (χ4v) is 2.33. The van der Waals surface area contributed by atoms with Crippen LogP contribution < -0.4 is 10.6 Å². The summed E-state index contributed by atoms with van der Waals surface area (Å²) in [6, 6.07) is 0.628. The summed E-state index contributed by atoms with van der Waals surface area (Å²) < 4.78 is 0. The summed E-state index contributed by atoms with van der Waals surface area (Å²) in [4.78, 5) is 0. The molecule has 2 heteroatoms. The second kappa shape index (κ2) is 8.12. The number of rotatable bonds is 8. The van der Waals surface area contributed by atoms with Gasteiger partial charge in [0.1, 0.15) is 0 Å². The molecule has 1 aliphatic rings. The molecule has 0 unspecified atom stereocenters. The summed E-state index contributed by atoms with van der Waals surface area (Å²) in [5.41, 5.74) is 0. The van der Waals surface area contributed by atoms with Gasteiger partial charge in [-0.05, 0) is 38.4 Å². The normalized spacial score (nSPS) is 17.8. The highest BCUT2D eigenvalue weighted by Gasteiger charge is 2.13. The molecule has 2 N–H and O–H groups in total. The van der Waals surface area contributed by atoms with Crippen molar-refractivity contribution in [3.05, 3.63) is 0 Å². The predicted molar refractivity (Wildman–Crippen MR) is 67.2 cm³/mol. The molecule has 0 aromatic heterocycles. The Bertz CT molecular complexity index is 139. The summed E-state index contributed by atoms with van der Waals surface area (Å²) in [6.45, 7) is 7.95. The van der Waals surface area contributed by atoms with Gasteiger partial charge in [0, 0.05) is 6.04 Å². The first-order valence-electron chi connectivity index (χ1n) is 6.73. The Morgan fingerprint density at radius 1 is 1.07 bits per heavy atom. The Labute approximate surface area is 95.2 Å². The molecule has 1 saturated carbocycles. The third-order valence-electron chi connectivity index (χ3n) is 3.29. The van der Waals surface area contributed by atoms with Crippen LogP contribution in [0.1, 0.15) is 52.4 Å². The average Bonchev–Trinajstić information content (AvgIpc) is 2.68. The summed E-state index contributed by atoms with van der Waals surface area (Å²) in [6.07, 6.45) is 8.57. The second-order valence-corrected chi connectivity index (χ2v) is 5.15. The molecular formula is C13H28N2. The third-order valence-corrected chi connectivity index (χ3v) is 3.29. The summed E-state index contributed by atoms with van der Waals surface area (Å²) >= 11 is 0. The monoisotopic (exact) mass is 212 g/mol. The minimum Gasteiger partial charge on any atom is -0.317 e. The molecule has 1 aliphatic carbocycles. The van der Waals surface area contributed by atoms with E-state index in [9.17, 15) is 0 Å². The van der Waals surface area contributed by atoms with Crippen molar-refractivity contribution in [3.8, 4) is 0 Å². The maximum absolute atomic E-state index is 3.55. The van der Waals surface area contributed by atoms with Crippen molar-refractivity contribution >= 4 is 0 Å². The van der Waals surface area contributed by atoms with E-state index < -0.39 is 0 Å². The Morgan fingerprint density at radius 3 is 2.47 bits per heavy atom. The van der Waals surface area contributed by atoms with Gasteiger partial charge in [0.15, 0.2) is 0 Å². The lowest BCUT2D eigenvalue weighted by atomic mass is 10.0. The molecule has 1 fully saturated rings. The van der Waals surface area contributed by atoms with Crippen LogP contribution >= 0.6 is 0 Å². The first-order chi connectivity index (χ1) is 7.29. The van der Waals surface area contributed by atoms with E-state index in [-0.39, 0.29) is 0 Å². The van der Waals surface area contributed by atoms with Crippen molar-refractivity contribution in [3.63, 3.8) is 0 Å². The van der Waals surface area contributed by atoms with Crippen LogP contribution in [0.5, 0.6) is 0 Å². The van der Waals surface area contributed by atoms with E-state index >= 15 is 0 Å². The predicted octanol–water partition coefficient (Wildman–Crippen LogP) is 2.54. The number of hydrogen-bond donors (Lipinski definition) is 2. The largest absolute Gasteiger partial charge is 0.317 e. The van der Waals surface area contributed by atoms with E-state index in [1.165, 1.54) is 51.6 Å². The number of nitrogens with one attached hydrogen (secondary N) is 2. The van der Waals surface area contributed by atoms with Crippen molar-refractivity contribution in [1.82, 2.24) is 10.6 Å². The standard InChI is InChI=1S/C13H28N2/c1-12(2)15-10-5-9-14-11-8-13-6-3-4-7-13/h12-15H,3-11H2,1-2H3. The van der Waals surface area contributed by atoms with Crippen LogP contribution in [-0.4, -0.2) is 25.7 Å². The van der Waals surface area contributed by atoms with Crippen LogP contribution in [0, 0.1) is 5.92 Å². The van der Waals surface area contributed by atoms with Gasteiger partial charge in [-0.15, -0.1) is 0 Å². The van der Waals surface area contributed by atoms with Crippen molar-refractivity contribution in [2.75, 3.05) is 19.6 Å². The Kier molecular flexibility index (Phi) is 7.03. The van der Waals surface area contributed by atoms with E-state index in [0.29, 0.717) is 6.04 Å². The van der Waals surface area contributed by atoms with Crippen LogP contribution in [-0.2, 0) is 0 Å². The average molecular weight is 212 g/mol. The molecular weight excluding hydrogens is 184 g/mol. The molecule has 15 heavy (non-hydrogen) atoms. The van der Waals surface area contributed by atoms with Gasteiger partial charge < -0.3 is 10.6 Å². The summed E-state index contributed by atoms with van der Waals surface area (Å²) in [5, 5.41) is 6.98. The van der Waals surface area contributed by atoms with Crippen LogP contribution in [0.15, 0.2) is 0 Å². The SMILES string of the molecule is CC(C)NCCCNCCC1CCCC1. The topological polar surface area (TPSA) is 24.1 Å². The molecule has 0 spiro atoms. The van der Waals surface area contributed by atoms with Gasteiger partial charge in [0.05, 0.1) is 0 Å². The van der Waals surface area contributed by atoms with Gasteiger partial charge in [-0.1, -0.05) is 39.5 Å². The lowest BCUT2D eigenvalue weighted by Crippen LogP contribution is -2.27. The van der Waals surface area contributed by atoms with Gasteiger partial charge in [-0.3, -0.25) is 0 Å². The lowest BCUT2D eigenvalue weighted by molar-refractivity contribution is 0.470. The first kappa shape index (κ1) is 13.0. The van der Waals surface area contributed by atoms with Gasteiger partial charge >= 0.3 is 0 Å². The maximum atomic E-state index is 3.55. The van der Waals surface area contributed by atoms with Gasteiger partial charge in [-0.25, -0.2) is 0 Å². The summed E-state index contributed by atoms with van der Waals surface area (Å²) in [5.74, 6) is 1.03. The Balaban J connectivity index is 1.76. The van der Waals surface area contributed by atoms with E-state index in [1.54, 1.807) is 0 Å². The highest BCUT2D eigenvalue weighted by molar-refractivity contribution is 4.68. The van der Waals surface area contributed by atoms with E-state index in [2.05, 4.69) is 24.5 Å². The third kappa shape index (κ3) is 6.91. The molecule has 0 aromatic carbocycles.